The first-order valence-corrected chi connectivity index (χ1v) is 41.3. The van der Waals surface area contributed by atoms with Crippen LogP contribution in [0.4, 0.5) is 34.1 Å². The van der Waals surface area contributed by atoms with E-state index in [9.17, 15) is 0 Å². The Hall–Kier alpha value is -15.6. The minimum Gasteiger partial charge on any atom is -0.456 e. The van der Waals surface area contributed by atoms with Gasteiger partial charge in [-0.05, 0) is 208 Å². The second-order valence-corrected chi connectivity index (χ2v) is 31.2. The molecule has 23 rings (SSSR count). The number of anilines is 6. The molecule has 0 unspecified atom stereocenters. The smallest absolute Gasteiger partial charge is 0.140 e. The van der Waals surface area contributed by atoms with Crippen LogP contribution in [0.15, 0.2) is 482 Å². The van der Waals surface area contributed by atoms with Crippen molar-refractivity contribution in [1.29, 1.82) is 0 Å². The van der Waals surface area contributed by atoms with E-state index in [1.807, 2.05) is 0 Å². The first-order chi connectivity index (χ1) is 59.5. The topological polar surface area (TPSA) is 32.8 Å². The van der Waals surface area contributed by atoms with Gasteiger partial charge in [0.05, 0.1) is 21.9 Å². The number of rotatable bonds is 15. The number of benzene rings is 19. The van der Waals surface area contributed by atoms with E-state index in [1.54, 1.807) is 0 Å². The Morgan fingerprint density at radius 2 is 0.492 bits per heavy atom. The lowest BCUT2D eigenvalue weighted by molar-refractivity contribution is 0.648. The van der Waals surface area contributed by atoms with Crippen LogP contribution < -0.4 is 9.80 Å². The van der Waals surface area contributed by atoms with Crippen LogP contribution in [0.5, 0.6) is 0 Å². The molecule has 0 bridgehead atoms. The summed E-state index contributed by atoms with van der Waals surface area (Å²) < 4.78 is 13.8. The summed E-state index contributed by atoms with van der Waals surface area (Å²) in [7, 11) is 0. The fourth-order valence-corrected chi connectivity index (χ4v) is 19.3. The third-order valence-electron chi connectivity index (χ3n) is 24.8. The van der Waals surface area contributed by atoms with E-state index in [2.05, 4.69) is 483 Å². The van der Waals surface area contributed by atoms with Gasteiger partial charge in [-0.3, -0.25) is 0 Å². The van der Waals surface area contributed by atoms with Gasteiger partial charge in [0.15, 0.2) is 0 Å². The highest BCUT2D eigenvalue weighted by molar-refractivity contribution is 6.14. The monoisotopic (exact) mass is 1530 g/mol. The lowest BCUT2D eigenvalue weighted by Gasteiger charge is -2.34. The fourth-order valence-electron chi connectivity index (χ4n) is 19.3. The van der Waals surface area contributed by atoms with Crippen LogP contribution in [0.3, 0.4) is 0 Å². The summed E-state index contributed by atoms with van der Waals surface area (Å²) in [4.78, 5) is 4.73. The molecule has 2 aliphatic carbocycles. The van der Waals surface area contributed by atoms with E-state index in [4.69, 9.17) is 8.83 Å². The molecule has 0 saturated carbocycles. The normalized spacial score (nSPS) is 12.6. The highest BCUT2D eigenvalue weighted by atomic mass is 16.3. The summed E-state index contributed by atoms with van der Waals surface area (Å²) in [5.41, 5.74) is 35.6. The van der Waals surface area contributed by atoms with E-state index < -0.39 is 10.8 Å². The van der Waals surface area contributed by atoms with Crippen LogP contribution >= 0.6 is 0 Å². The van der Waals surface area contributed by atoms with Crippen LogP contribution in [0, 0.1) is 0 Å². The average Bonchev–Trinajstić information content (AvgIpc) is 1.60. The predicted molar refractivity (Wildman–Crippen MR) is 499 cm³/mol. The Labute approximate surface area is 698 Å². The van der Waals surface area contributed by atoms with Gasteiger partial charge in [0.2, 0.25) is 0 Å². The largest absolute Gasteiger partial charge is 0.456 e. The summed E-state index contributed by atoms with van der Waals surface area (Å²) in [5, 5.41) is 4.33. The van der Waals surface area contributed by atoms with Crippen molar-refractivity contribution in [3.05, 3.63) is 518 Å². The highest BCUT2D eigenvalue weighted by Crippen LogP contribution is 2.60. The molecule has 4 nitrogen and oxygen atoms in total. The van der Waals surface area contributed by atoms with Crippen molar-refractivity contribution < 1.29 is 8.83 Å². The molecule has 0 radical (unpaired) electrons. The molecule has 2 aliphatic rings. The van der Waals surface area contributed by atoms with Crippen LogP contribution in [-0.2, 0) is 10.8 Å². The molecule has 0 saturated heterocycles. The summed E-state index contributed by atoms with van der Waals surface area (Å²) >= 11 is 0. The maximum absolute atomic E-state index is 7.03. The second kappa shape index (κ2) is 29.9. The van der Waals surface area contributed by atoms with E-state index in [0.29, 0.717) is 0 Å². The summed E-state index contributed by atoms with van der Waals surface area (Å²) in [6, 6.07) is 171. The molecule has 0 amide bonds. The molecule has 21 aromatic rings. The van der Waals surface area contributed by atoms with Crippen LogP contribution in [-0.4, -0.2) is 0 Å². The van der Waals surface area contributed by atoms with Crippen molar-refractivity contribution in [2.24, 2.45) is 0 Å². The van der Waals surface area contributed by atoms with Gasteiger partial charge in [-0.25, -0.2) is 0 Å². The fraction of sp³-hybridized carbons (Fsp3) is 0.0172. The molecule has 0 spiro atoms. The van der Waals surface area contributed by atoms with Crippen molar-refractivity contribution in [3.63, 3.8) is 0 Å². The van der Waals surface area contributed by atoms with Gasteiger partial charge >= 0.3 is 0 Å². The van der Waals surface area contributed by atoms with Crippen molar-refractivity contribution in [2.75, 3.05) is 9.80 Å². The number of para-hydroxylation sites is 1. The van der Waals surface area contributed by atoms with Crippen LogP contribution in [0.1, 0.15) is 44.5 Å². The number of nitrogens with zero attached hydrogens (tertiary/aromatic N) is 2. The third kappa shape index (κ3) is 12.0. The minimum atomic E-state index is -0.574. The SMILES string of the molecule is c1ccc(-c2ccc(N(c3ccc(-c4ccccc4)cc3)c3ccc4oc5c(C6(c7ccccc7)c7ccccc7-c7ccccc76)cccc5c4c3)cc2)cc1.c1ccc(-c2ccc(N(c3ccc(-c4ccccc4)cc3)c3cccc4oc5ccc(C6(c7ccc(-c8ccccc8)cc7)c7ccccc7-c7ccccc76)cc5c34)cc2)cc1. The van der Waals surface area contributed by atoms with E-state index >= 15 is 0 Å². The molecule has 120 heavy (non-hydrogen) atoms. The van der Waals surface area contributed by atoms with Gasteiger partial charge in [0, 0.05) is 50.2 Å². The maximum atomic E-state index is 7.03. The number of fused-ring (bicyclic) bond motifs is 12. The zero-order valence-corrected chi connectivity index (χ0v) is 65.7. The first-order valence-electron chi connectivity index (χ1n) is 41.3. The Morgan fingerprint density at radius 1 is 0.175 bits per heavy atom. The molecule has 4 heteroatoms. The molecule has 0 N–H and O–H groups in total. The van der Waals surface area contributed by atoms with Gasteiger partial charge in [-0.1, -0.05) is 382 Å². The van der Waals surface area contributed by atoms with Crippen molar-refractivity contribution in [2.45, 2.75) is 10.8 Å². The van der Waals surface area contributed by atoms with E-state index in [0.717, 1.165) is 83.6 Å². The minimum absolute atomic E-state index is 0.558. The third-order valence-corrected chi connectivity index (χ3v) is 24.8. The molecule has 19 aromatic carbocycles. The van der Waals surface area contributed by atoms with E-state index in [1.165, 1.54) is 117 Å². The van der Waals surface area contributed by atoms with Crippen molar-refractivity contribution in [1.82, 2.24) is 0 Å². The van der Waals surface area contributed by atoms with E-state index in [-0.39, 0.29) is 0 Å². The molecule has 0 aliphatic heterocycles. The van der Waals surface area contributed by atoms with Gasteiger partial charge in [0.25, 0.3) is 0 Å². The van der Waals surface area contributed by atoms with Gasteiger partial charge < -0.3 is 18.6 Å². The molecule has 564 valence electrons. The van der Waals surface area contributed by atoms with Gasteiger partial charge in [-0.2, -0.15) is 0 Å². The summed E-state index contributed by atoms with van der Waals surface area (Å²) in [6.07, 6.45) is 0. The average molecular weight is 1530 g/mol. The Bertz CT molecular complexity index is 7070. The lowest BCUT2D eigenvalue weighted by atomic mass is 9.67. The van der Waals surface area contributed by atoms with Gasteiger partial charge in [0.1, 0.15) is 22.3 Å². The zero-order valence-electron chi connectivity index (χ0n) is 65.7. The Morgan fingerprint density at radius 3 is 0.925 bits per heavy atom. The first kappa shape index (κ1) is 71.0. The second-order valence-electron chi connectivity index (χ2n) is 31.2. The Kier molecular flexibility index (Phi) is 17.7. The van der Waals surface area contributed by atoms with Crippen LogP contribution in [0.25, 0.3) is 122 Å². The molecule has 2 aromatic heterocycles. The highest BCUT2D eigenvalue weighted by Gasteiger charge is 2.49. The molecule has 0 atom stereocenters. The predicted octanol–water partition coefficient (Wildman–Crippen LogP) is 31.2. The molecular weight excluding hydrogens is 1450 g/mol. The standard InChI is InChI=1S/C61H41NO.C55H37NO/c1-4-15-42(16-5-1)45-27-33-48(34-28-45)61(55-23-12-10-21-52(55)53-22-11-13-24-56(53)61)49-35-40-58-54(41-49)60-57(25-14-26-59(60)63-58)62(50-36-29-46(30-37-50)43-17-6-2-7-18-43)51-38-31-47(32-39-51)44-19-8-3-9-20-44;1-4-15-38(16-5-1)40-27-31-43(32-28-40)56(44-33-29-41(30-34-44)39-17-6-2-7-18-39)45-35-36-53-49(37-45)48-23-14-26-52(54(48)57-53)55(42-19-8-3-9-20-42)50-24-12-10-21-46(50)47-22-11-13-25-51(47)55/h1-41H;1-37H. The number of furan rings is 2. The molecular formula is C116H78N2O2. The van der Waals surface area contributed by atoms with Gasteiger partial charge in [-0.15, -0.1) is 0 Å². The summed E-state index contributed by atoms with van der Waals surface area (Å²) in [5.74, 6) is 0. The quantitative estimate of drug-likeness (QED) is 0.102. The number of hydrogen-bond acceptors (Lipinski definition) is 4. The lowest BCUT2D eigenvalue weighted by Crippen LogP contribution is -2.28. The van der Waals surface area contributed by atoms with Crippen molar-refractivity contribution >= 4 is 78.0 Å². The summed E-state index contributed by atoms with van der Waals surface area (Å²) in [6.45, 7) is 0. The Balaban J connectivity index is 0.000000145. The van der Waals surface area contributed by atoms with Crippen LogP contribution in [0.2, 0.25) is 0 Å². The molecule has 2 heterocycles. The molecule has 0 fully saturated rings. The number of hydrogen-bond donors (Lipinski definition) is 0. The maximum Gasteiger partial charge on any atom is 0.140 e. The van der Waals surface area contributed by atoms with Crippen molar-refractivity contribution in [3.8, 4) is 77.9 Å². The zero-order chi connectivity index (χ0) is 79.5.